The van der Waals surface area contributed by atoms with E-state index in [-0.39, 0.29) is 0 Å². The van der Waals surface area contributed by atoms with Gasteiger partial charge < -0.3 is 0 Å². The molecule has 3 aromatic rings. The molecule has 0 bridgehead atoms. The molecular formula is C14H7ClN2. The summed E-state index contributed by atoms with van der Waals surface area (Å²) in [5.41, 5.74) is 0.662. The third-order valence-electron chi connectivity index (χ3n) is 2.84. The summed E-state index contributed by atoms with van der Waals surface area (Å²) in [4.78, 5) is 4.12. The van der Waals surface area contributed by atoms with E-state index in [9.17, 15) is 0 Å². The Balaban J connectivity index is 2.62. The molecule has 2 nitrogen and oxygen atoms in total. The molecule has 0 spiro atoms. The fourth-order valence-electron chi connectivity index (χ4n) is 2.06. The highest BCUT2D eigenvalue weighted by atomic mass is 35.5. The molecule has 3 rings (SSSR count). The number of rotatable bonds is 0. The number of nitriles is 1. The van der Waals surface area contributed by atoms with Crippen LogP contribution in [0.3, 0.4) is 0 Å². The van der Waals surface area contributed by atoms with Gasteiger partial charge in [0.2, 0.25) is 0 Å². The molecule has 3 heteroatoms. The van der Waals surface area contributed by atoms with Gasteiger partial charge in [-0.15, -0.1) is 0 Å². The Morgan fingerprint density at radius 1 is 1.06 bits per heavy atom. The van der Waals surface area contributed by atoms with Crippen LogP contribution in [0.15, 0.2) is 42.7 Å². The fourth-order valence-corrected chi connectivity index (χ4v) is 2.23. The van der Waals surface area contributed by atoms with Gasteiger partial charge in [0.15, 0.2) is 0 Å². The predicted molar refractivity (Wildman–Crippen MR) is 69.0 cm³/mol. The van der Waals surface area contributed by atoms with Crippen LogP contribution in [0, 0.1) is 11.3 Å². The van der Waals surface area contributed by atoms with E-state index in [4.69, 9.17) is 16.9 Å². The normalized spacial score (nSPS) is 10.6. The Bertz CT molecular complexity index is 772. The van der Waals surface area contributed by atoms with Crippen molar-refractivity contribution in [3.8, 4) is 6.07 Å². The lowest BCUT2D eigenvalue weighted by Crippen LogP contribution is -1.84. The number of fused-ring (bicyclic) bond motifs is 3. The molecule has 0 aliphatic carbocycles. The van der Waals surface area contributed by atoms with Crippen molar-refractivity contribution in [2.45, 2.75) is 0 Å². The molecule has 1 heterocycles. The monoisotopic (exact) mass is 238 g/mol. The molecule has 0 atom stereocenters. The molecule has 0 aliphatic heterocycles. The molecule has 80 valence electrons. The minimum absolute atomic E-state index is 0.662. The van der Waals surface area contributed by atoms with Gasteiger partial charge in [-0.2, -0.15) is 5.26 Å². The molecule has 0 aliphatic rings. The van der Waals surface area contributed by atoms with Crippen molar-refractivity contribution < 1.29 is 0 Å². The zero-order valence-corrected chi connectivity index (χ0v) is 9.57. The highest BCUT2D eigenvalue weighted by molar-refractivity contribution is 6.32. The highest BCUT2D eigenvalue weighted by Crippen LogP contribution is 2.29. The predicted octanol–water partition coefficient (Wildman–Crippen LogP) is 3.91. The largest absolute Gasteiger partial charge is 0.264 e. The Kier molecular flexibility index (Phi) is 2.21. The van der Waals surface area contributed by atoms with E-state index in [2.05, 4.69) is 11.1 Å². The number of hydrogen-bond donors (Lipinski definition) is 0. The summed E-state index contributed by atoms with van der Waals surface area (Å²) in [6.07, 6.45) is 3.52. The smallest absolute Gasteiger partial charge is 0.0998 e. The van der Waals surface area contributed by atoms with Crippen molar-refractivity contribution in [3.63, 3.8) is 0 Å². The maximum atomic E-state index is 9.17. The van der Waals surface area contributed by atoms with Crippen molar-refractivity contribution >= 4 is 33.1 Å². The molecule has 0 unspecified atom stereocenters. The molecule has 17 heavy (non-hydrogen) atoms. The Hall–Kier alpha value is -2.11. The van der Waals surface area contributed by atoms with Crippen LogP contribution in [0.5, 0.6) is 0 Å². The van der Waals surface area contributed by atoms with E-state index in [0.29, 0.717) is 10.6 Å². The fraction of sp³-hybridized carbons (Fsp3) is 0. The van der Waals surface area contributed by atoms with Crippen LogP contribution in [-0.2, 0) is 0 Å². The maximum Gasteiger partial charge on any atom is 0.0998 e. The lowest BCUT2D eigenvalue weighted by Gasteiger charge is -2.05. The van der Waals surface area contributed by atoms with E-state index in [1.165, 1.54) is 0 Å². The molecule has 2 aromatic carbocycles. The summed E-state index contributed by atoms with van der Waals surface area (Å²) < 4.78 is 0. The molecule has 0 amide bonds. The second kappa shape index (κ2) is 3.73. The van der Waals surface area contributed by atoms with Crippen LogP contribution < -0.4 is 0 Å². The molecule has 0 fully saturated rings. The first-order chi connectivity index (χ1) is 8.29. The molecule has 0 radical (unpaired) electrons. The summed E-state index contributed by atoms with van der Waals surface area (Å²) in [5, 5.41) is 13.7. The number of pyridine rings is 1. The zero-order chi connectivity index (χ0) is 11.8. The third kappa shape index (κ3) is 1.52. The van der Waals surface area contributed by atoms with Gasteiger partial charge in [-0.1, -0.05) is 17.7 Å². The SMILES string of the molecule is N#Cc1cc2ccncc2c2cc(Cl)ccc12. The van der Waals surface area contributed by atoms with Gasteiger partial charge in [-0.3, -0.25) is 4.98 Å². The van der Waals surface area contributed by atoms with Crippen LogP contribution in [0.2, 0.25) is 5.02 Å². The first-order valence-electron chi connectivity index (χ1n) is 5.16. The van der Waals surface area contributed by atoms with E-state index >= 15 is 0 Å². The van der Waals surface area contributed by atoms with Crippen molar-refractivity contribution in [3.05, 3.63) is 53.3 Å². The molecule has 0 saturated heterocycles. The van der Waals surface area contributed by atoms with Crippen LogP contribution in [0.25, 0.3) is 21.5 Å². The van der Waals surface area contributed by atoms with Crippen molar-refractivity contribution in [2.75, 3.05) is 0 Å². The maximum absolute atomic E-state index is 9.17. The van der Waals surface area contributed by atoms with Crippen LogP contribution in [0.1, 0.15) is 5.56 Å². The standard InChI is InChI=1S/C14H7ClN2/c15-11-1-2-12-10(7-16)5-9-3-4-17-8-14(9)13(12)6-11/h1-6,8H. The Morgan fingerprint density at radius 2 is 1.94 bits per heavy atom. The van der Waals surface area contributed by atoms with Gasteiger partial charge in [0.1, 0.15) is 0 Å². The Labute approximate surface area is 103 Å². The van der Waals surface area contributed by atoms with Gasteiger partial charge in [0.05, 0.1) is 11.6 Å². The molecule has 0 saturated carbocycles. The molecule has 1 aromatic heterocycles. The molecular weight excluding hydrogens is 232 g/mol. The lowest BCUT2D eigenvalue weighted by molar-refractivity contribution is 1.37. The average molecular weight is 239 g/mol. The van der Waals surface area contributed by atoms with Crippen LogP contribution in [0.4, 0.5) is 0 Å². The quantitative estimate of drug-likeness (QED) is 0.557. The van der Waals surface area contributed by atoms with Gasteiger partial charge in [0.25, 0.3) is 0 Å². The number of nitrogens with zero attached hydrogens (tertiary/aromatic N) is 2. The van der Waals surface area contributed by atoms with Crippen LogP contribution >= 0.6 is 11.6 Å². The van der Waals surface area contributed by atoms with Gasteiger partial charge in [-0.05, 0) is 35.0 Å². The van der Waals surface area contributed by atoms with Gasteiger partial charge >= 0.3 is 0 Å². The van der Waals surface area contributed by atoms with Gasteiger partial charge in [0, 0.05) is 28.2 Å². The topological polar surface area (TPSA) is 36.7 Å². The number of aromatic nitrogens is 1. The molecule has 0 N–H and O–H groups in total. The van der Waals surface area contributed by atoms with E-state index < -0.39 is 0 Å². The summed E-state index contributed by atoms with van der Waals surface area (Å²) in [7, 11) is 0. The highest BCUT2D eigenvalue weighted by Gasteiger charge is 2.06. The number of halogens is 1. The second-order valence-corrected chi connectivity index (χ2v) is 4.26. The third-order valence-corrected chi connectivity index (χ3v) is 3.07. The van der Waals surface area contributed by atoms with E-state index in [1.807, 2.05) is 24.3 Å². The number of hydrogen-bond acceptors (Lipinski definition) is 2. The minimum Gasteiger partial charge on any atom is -0.264 e. The van der Waals surface area contributed by atoms with Gasteiger partial charge in [-0.25, -0.2) is 0 Å². The Morgan fingerprint density at radius 3 is 2.76 bits per heavy atom. The van der Waals surface area contributed by atoms with Crippen LogP contribution in [-0.4, -0.2) is 4.98 Å². The summed E-state index contributed by atoms with van der Waals surface area (Å²) in [6, 6.07) is 11.6. The van der Waals surface area contributed by atoms with Crippen molar-refractivity contribution in [1.29, 1.82) is 5.26 Å². The summed E-state index contributed by atoms with van der Waals surface area (Å²) in [5.74, 6) is 0. The summed E-state index contributed by atoms with van der Waals surface area (Å²) >= 11 is 6.01. The first-order valence-corrected chi connectivity index (χ1v) is 5.53. The minimum atomic E-state index is 0.662. The lowest BCUT2D eigenvalue weighted by atomic mass is 9.99. The summed E-state index contributed by atoms with van der Waals surface area (Å²) in [6.45, 7) is 0. The zero-order valence-electron chi connectivity index (χ0n) is 8.81. The average Bonchev–Trinajstić information content (AvgIpc) is 2.37. The first kappa shape index (κ1) is 10.1. The van der Waals surface area contributed by atoms with E-state index in [1.54, 1.807) is 18.5 Å². The van der Waals surface area contributed by atoms with Crippen molar-refractivity contribution in [1.82, 2.24) is 4.98 Å². The second-order valence-electron chi connectivity index (χ2n) is 3.82. The van der Waals surface area contributed by atoms with Crippen molar-refractivity contribution in [2.24, 2.45) is 0 Å². The van der Waals surface area contributed by atoms with E-state index in [0.717, 1.165) is 21.5 Å². The number of benzene rings is 2.